The Labute approximate surface area is 120 Å². The number of nitrogens with zero attached hydrogens (tertiary/aromatic N) is 1. The number of aromatic hydroxyl groups is 1. The minimum Gasteiger partial charge on any atom is -0.507 e. The van der Waals surface area contributed by atoms with E-state index in [2.05, 4.69) is 9.88 Å². The summed E-state index contributed by atoms with van der Waals surface area (Å²) in [6.07, 6.45) is 0. The predicted octanol–water partition coefficient (Wildman–Crippen LogP) is 1.33. The van der Waals surface area contributed by atoms with Crippen LogP contribution in [0.5, 0.6) is 5.75 Å². The largest absolute Gasteiger partial charge is 0.507 e. The smallest absolute Gasteiger partial charge is 0.339 e. The lowest BCUT2D eigenvalue weighted by Gasteiger charge is -2.08. The van der Waals surface area contributed by atoms with Crippen molar-refractivity contribution in [2.75, 3.05) is 4.72 Å². The van der Waals surface area contributed by atoms with Crippen LogP contribution in [-0.2, 0) is 15.8 Å². The first-order chi connectivity index (χ1) is 9.77. The van der Waals surface area contributed by atoms with Crippen LogP contribution in [0, 0.1) is 6.92 Å². The average Bonchev–Trinajstić information content (AvgIpc) is 2.75. The topological polar surface area (TPSA) is 130 Å². The SMILES string of the molecule is Cc1cc(CS(=O)(=O)Nc2ccc(O)c(C(=O)O)c2)no1. The molecule has 8 nitrogen and oxygen atoms in total. The minimum absolute atomic E-state index is 0.0328. The van der Waals surface area contributed by atoms with E-state index in [0.29, 0.717) is 5.76 Å². The zero-order valence-corrected chi connectivity index (χ0v) is 11.7. The molecule has 0 unspecified atom stereocenters. The number of nitrogens with one attached hydrogen (secondary N) is 1. The van der Waals surface area contributed by atoms with E-state index in [1.54, 1.807) is 6.92 Å². The summed E-state index contributed by atoms with van der Waals surface area (Å²) >= 11 is 0. The van der Waals surface area contributed by atoms with Gasteiger partial charge in [-0.05, 0) is 25.1 Å². The highest BCUT2D eigenvalue weighted by molar-refractivity contribution is 7.91. The predicted molar refractivity (Wildman–Crippen MR) is 72.6 cm³/mol. The first kappa shape index (κ1) is 14.9. The van der Waals surface area contributed by atoms with Gasteiger partial charge in [0.05, 0.1) is 0 Å². The molecular formula is C12H12N2O6S. The van der Waals surface area contributed by atoms with Gasteiger partial charge in [-0.15, -0.1) is 0 Å². The molecule has 2 rings (SSSR count). The van der Waals surface area contributed by atoms with Crippen molar-refractivity contribution < 1.29 is 27.9 Å². The molecule has 0 aliphatic heterocycles. The third kappa shape index (κ3) is 3.72. The minimum atomic E-state index is -3.78. The Bertz CT molecular complexity index is 781. The van der Waals surface area contributed by atoms with Crippen molar-refractivity contribution in [2.45, 2.75) is 12.7 Å². The number of phenols is 1. The van der Waals surface area contributed by atoms with E-state index < -0.39 is 33.1 Å². The van der Waals surface area contributed by atoms with Crippen LogP contribution >= 0.6 is 0 Å². The molecule has 0 aliphatic carbocycles. The zero-order valence-electron chi connectivity index (χ0n) is 10.9. The summed E-state index contributed by atoms with van der Waals surface area (Å²) in [7, 11) is -3.78. The fraction of sp³-hybridized carbons (Fsp3) is 0.167. The second-order valence-electron chi connectivity index (χ2n) is 4.33. The Morgan fingerprint density at radius 1 is 1.38 bits per heavy atom. The maximum Gasteiger partial charge on any atom is 0.339 e. The van der Waals surface area contributed by atoms with Crippen LogP contribution in [0.1, 0.15) is 21.8 Å². The molecule has 1 aromatic heterocycles. The summed E-state index contributed by atoms with van der Waals surface area (Å²) in [5.74, 6) is -1.73. The Hall–Kier alpha value is -2.55. The number of carbonyl (C=O) groups is 1. The van der Waals surface area contributed by atoms with Gasteiger partial charge in [-0.2, -0.15) is 0 Å². The lowest BCUT2D eigenvalue weighted by molar-refractivity contribution is 0.0693. The van der Waals surface area contributed by atoms with Crippen molar-refractivity contribution in [3.05, 3.63) is 41.3 Å². The molecule has 3 N–H and O–H groups in total. The average molecular weight is 312 g/mol. The van der Waals surface area contributed by atoms with Crippen LogP contribution in [0.3, 0.4) is 0 Å². The number of hydrogen-bond donors (Lipinski definition) is 3. The number of carboxylic acids is 1. The maximum atomic E-state index is 11.9. The fourth-order valence-electron chi connectivity index (χ4n) is 1.67. The van der Waals surface area contributed by atoms with Crippen LogP contribution in [0.25, 0.3) is 0 Å². The van der Waals surface area contributed by atoms with Crippen molar-refractivity contribution in [1.82, 2.24) is 5.16 Å². The second kappa shape index (κ2) is 5.44. The third-order valence-electron chi connectivity index (χ3n) is 2.51. The maximum absolute atomic E-state index is 11.9. The molecule has 0 bridgehead atoms. The summed E-state index contributed by atoms with van der Waals surface area (Å²) in [6.45, 7) is 1.63. The number of anilines is 1. The molecule has 0 amide bonds. The first-order valence-corrected chi connectivity index (χ1v) is 7.41. The Morgan fingerprint density at radius 2 is 2.10 bits per heavy atom. The number of sulfonamides is 1. The van der Waals surface area contributed by atoms with Crippen molar-refractivity contribution in [1.29, 1.82) is 0 Å². The van der Waals surface area contributed by atoms with E-state index >= 15 is 0 Å². The quantitative estimate of drug-likeness (QED) is 0.710. The van der Waals surface area contributed by atoms with Gasteiger partial charge in [0.15, 0.2) is 0 Å². The van der Waals surface area contributed by atoms with E-state index in [9.17, 15) is 18.3 Å². The summed E-state index contributed by atoms with van der Waals surface area (Å²) in [5, 5.41) is 21.8. The standard InChI is InChI=1S/C12H12N2O6S/c1-7-4-9(13-20-7)6-21(18,19)14-8-2-3-11(15)10(5-8)12(16)17/h2-5,14-15H,6H2,1H3,(H,16,17). The molecule has 0 radical (unpaired) electrons. The Kier molecular flexibility index (Phi) is 3.85. The van der Waals surface area contributed by atoms with Gasteiger partial charge >= 0.3 is 5.97 Å². The van der Waals surface area contributed by atoms with Crippen LogP contribution in [0.2, 0.25) is 0 Å². The molecule has 0 fully saturated rings. The van der Waals surface area contributed by atoms with E-state index in [1.165, 1.54) is 12.1 Å². The lowest BCUT2D eigenvalue weighted by Crippen LogP contribution is -2.15. The molecule has 1 heterocycles. The zero-order chi connectivity index (χ0) is 15.6. The van der Waals surface area contributed by atoms with E-state index in [0.717, 1.165) is 12.1 Å². The third-order valence-corrected chi connectivity index (χ3v) is 3.74. The van der Waals surface area contributed by atoms with Crippen LogP contribution in [0.15, 0.2) is 28.8 Å². The molecule has 9 heteroatoms. The van der Waals surface area contributed by atoms with E-state index in [-0.39, 0.29) is 11.4 Å². The van der Waals surface area contributed by atoms with Crippen molar-refractivity contribution in [3.8, 4) is 5.75 Å². The van der Waals surface area contributed by atoms with Crippen molar-refractivity contribution >= 4 is 21.7 Å². The van der Waals surface area contributed by atoms with Crippen molar-refractivity contribution in [3.63, 3.8) is 0 Å². The summed E-state index contributed by atoms with van der Waals surface area (Å²) in [6, 6.07) is 4.87. The number of benzene rings is 1. The highest BCUT2D eigenvalue weighted by Gasteiger charge is 2.17. The normalized spacial score (nSPS) is 11.3. The van der Waals surface area contributed by atoms with Crippen LogP contribution in [0.4, 0.5) is 5.69 Å². The number of rotatable bonds is 5. The number of aryl methyl sites for hydroxylation is 1. The molecule has 0 aliphatic rings. The lowest BCUT2D eigenvalue weighted by atomic mass is 10.2. The van der Waals surface area contributed by atoms with Gasteiger partial charge in [0.1, 0.15) is 28.5 Å². The molecule has 2 aromatic rings. The number of aromatic nitrogens is 1. The summed E-state index contributed by atoms with van der Waals surface area (Å²) in [5.41, 5.74) is -0.130. The van der Waals surface area contributed by atoms with E-state index in [4.69, 9.17) is 9.63 Å². The fourth-order valence-corrected chi connectivity index (χ4v) is 2.75. The highest BCUT2D eigenvalue weighted by atomic mass is 32.2. The van der Waals surface area contributed by atoms with Gasteiger partial charge in [0.25, 0.3) is 0 Å². The van der Waals surface area contributed by atoms with Gasteiger partial charge in [-0.3, -0.25) is 4.72 Å². The molecule has 112 valence electrons. The highest BCUT2D eigenvalue weighted by Crippen LogP contribution is 2.22. The number of carboxylic acid groups (broad SMARTS) is 1. The van der Waals surface area contributed by atoms with Gasteiger partial charge in [0, 0.05) is 11.8 Å². The van der Waals surface area contributed by atoms with Gasteiger partial charge in [-0.25, -0.2) is 13.2 Å². The van der Waals surface area contributed by atoms with Crippen molar-refractivity contribution in [2.24, 2.45) is 0 Å². The van der Waals surface area contributed by atoms with Gasteiger partial charge in [0.2, 0.25) is 10.0 Å². The first-order valence-electron chi connectivity index (χ1n) is 5.76. The Morgan fingerprint density at radius 3 is 2.67 bits per heavy atom. The molecule has 1 aromatic carbocycles. The van der Waals surface area contributed by atoms with Gasteiger partial charge in [-0.1, -0.05) is 5.16 Å². The van der Waals surface area contributed by atoms with Crippen LogP contribution in [-0.4, -0.2) is 29.8 Å². The van der Waals surface area contributed by atoms with Crippen LogP contribution < -0.4 is 4.72 Å². The molecule has 21 heavy (non-hydrogen) atoms. The molecule has 0 spiro atoms. The second-order valence-corrected chi connectivity index (χ2v) is 6.05. The molecular weight excluding hydrogens is 300 g/mol. The Balaban J connectivity index is 2.20. The summed E-state index contributed by atoms with van der Waals surface area (Å²) in [4.78, 5) is 10.9. The van der Waals surface area contributed by atoms with Gasteiger partial charge < -0.3 is 14.7 Å². The number of aromatic carboxylic acids is 1. The molecule has 0 atom stereocenters. The molecule has 0 saturated heterocycles. The van der Waals surface area contributed by atoms with E-state index in [1.807, 2.05) is 0 Å². The summed E-state index contributed by atoms with van der Waals surface area (Å²) < 4.78 is 30.9. The monoisotopic (exact) mass is 312 g/mol. The molecule has 0 saturated carbocycles. The number of hydrogen-bond acceptors (Lipinski definition) is 6.